The molecule has 0 saturated heterocycles. The van der Waals surface area contributed by atoms with Crippen molar-refractivity contribution < 1.29 is 32.2 Å². The van der Waals surface area contributed by atoms with E-state index in [1.807, 2.05) is 0 Å². The highest BCUT2D eigenvalue weighted by Gasteiger charge is 2.69. The van der Waals surface area contributed by atoms with Crippen molar-refractivity contribution in [3.8, 4) is 0 Å². The molecular weight excluding hydrogens is 353 g/mol. The Kier molecular flexibility index (Phi) is 4.46. The predicted molar refractivity (Wildman–Crippen MR) is 85.2 cm³/mol. The molecule has 26 heavy (non-hydrogen) atoms. The van der Waals surface area contributed by atoms with E-state index in [0.29, 0.717) is 12.1 Å². The van der Waals surface area contributed by atoms with Gasteiger partial charge in [0.15, 0.2) is 0 Å². The molecule has 1 saturated carbocycles. The molecule has 1 heterocycles. The molecule has 0 spiro atoms. The molecule has 0 aromatic rings. The minimum Gasteiger partial charge on any atom is -0.466 e. The van der Waals surface area contributed by atoms with Gasteiger partial charge >= 0.3 is 18.1 Å². The van der Waals surface area contributed by atoms with Gasteiger partial charge in [0.2, 0.25) is 0 Å². The Morgan fingerprint density at radius 3 is 2.73 bits per heavy atom. The third-order valence-corrected chi connectivity index (χ3v) is 5.17. The summed E-state index contributed by atoms with van der Waals surface area (Å²) < 4.78 is 49.0. The molecular formula is C17H19F3N2O4. The Bertz CT molecular complexity index is 715. The van der Waals surface area contributed by atoms with Crippen LogP contribution >= 0.6 is 0 Å². The zero-order chi connectivity index (χ0) is 19.2. The number of hydrogen-bond donors (Lipinski definition) is 1. The lowest BCUT2D eigenvalue weighted by atomic mass is 9.57. The molecule has 2 aliphatic carbocycles. The number of ether oxygens (including phenoxy) is 2. The maximum atomic E-state index is 12.8. The van der Waals surface area contributed by atoms with Crippen molar-refractivity contribution in [3.63, 3.8) is 0 Å². The van der Waals surface area contributed by atoms with Crippen LogP contribution in [0.15, 0.2) is 29.3 Å². The molecule has 1 N–H and O–H groups in total. The van der Waals surface area contributed by atoms with Gasteiger partial charge in [0.25, 0.3) is 0 Å². The van der Waals surface area contributed by atoms with Crippen LogP contribution in [-0.4, -0.2) is 48.7 Å². The third kappa shape index (κ3) is 2.84. The summed E-state index contributed by atoms with van der Waals surface area (Å²) in [6.45, 7) is 1.44. The summed E-state index contributed by atoms with van der Waals surface area (Å²) in [6.07, 6.45) is 2.54. The highest BCUT2D eigenvalue weighted by Crippen LogP contribution is 2.59. The number of amides is 1. The van der Waals surface area contributed by atoms with Gasteiger partial charge in [0.05, 0.1) is 12.3 Å². The van der Waals surface area contributed by atoms with E-state index < -0.39 is 35.2 Å². The van der Waals surface area contributed by atoms with Crippen LogP contribution in [0.1, 0.15) is 19.8 Å². The zero-order valence-corrected chi connectivity index (χ0v) is 14.3. The van der Waals surface area contributed by atoms with Gasteiger partial charge in [-0.1, -0.05) is 12.2 Å². The number of methoxy groups -OCH3 is 1. The summed E-state index contributed by atoms with van der Waals surface area (Å²) in [5, 5.41) is 2.07. The van der Waals surface area contributed by atoms with Crippen LogP contribution in [0, 0.1) is 11.8 Å². The summed E-state index contributed by atoms with van der Waals surface area (Å²) in [4.78, 5) is 26.9. The summed E-state index contributed by atoms with van der Waals surface area (Å²) >= 11 is 0. The predicted octanol–water partition coefficient (Wildman–Crippen LogP) is 1.92. The lowest BCUT2D eigenvalue weighted by Gasteiger charge is -2.54. The fourth-order valence-electron chi connectivity index (χ4n) is 4.20. The average Bonchev–Trinajstić information content (AvgIpc) is 2.75. The topological polar surface area (TPSA) is 77.0 Å². The van der Waals surface area contributed by atoms with E-state index in [1.165, 1.54) is 14.0 Å². The van der Waals surface area contributed by atoms with Crippen molar-refractivity contribution in [1.82, 2.24) is 5.32 Å². The molecule has 0 bridgehead atoms. The lowest BCUT2D eigenvalue weighted by Crippen LogP contribution is -2.68. The van der Waals surface area contributed by atoms with Gasteiger partial charge in [-0.25, -0.2) is 0 Å². The van der Waals surface area contributed by atoms with Crippen molar-refractivity contribution in [2.24, 2.45) is 16.8 Å². The Balaban J connectivity index is 1.88. The van der Waals surface area contributed by atoms with Crippen LogP contribution in [0.2, 0.25) is 0 Å². The largest absolute Gasteiger partial charge is 0.471 e. The first-order chi connectivity index (χ1) is 12.1. The number of aliphatic imine (C=N–C) groups is 1. The number of halogens is 3. The molecule has 1 aliphatic heterocycles. The molecule has 0 aromatic heterocycles. The van der Waals surface area contributed by atoms with Crippen LogP contribution in [0.3, 0.4) is 0 Å². The number of hydrogen-bond acceptors (Lipinski definition) is 5. The number of carbonyl (C=O) groups excluding carboxylic acids is 2. The van der Waals surface area contributed by atoms with Crippen LogP contribution in [-0.2, 0) is 19.1 Å². The molecule has 3 rings (SSSR count). The first-order valence-electron chi connectivity index (χ1n) is 8.19. The van der Waals surface area contributed by atoms with Gasteiger partial charge < -0.3 is 14.8 Å². The SMILES string of the molecule is CO[C@@]12C=CC=CC1=N[C@@]1(NC(=O)C(F)(F)F)C[C@H](CCOC(C)=O)[C@@H]21. The maximum Gasteiger partial charge on any atom is 0.471 e. The minimum absolute atomic E-state index is 0.125. The smallest absolute Gasteiger partial charge is 0.466 e. The van der Waals surface area contributed by atoms with Gasteiger partial charge in [0, 0.05) is 20.0 Å². The highest BCUT2D eigenvalue weighted by molar-refractivity contribution is 6.07. The second kappa shape index (κ2) is 6.22. The Morgan fingerprint density at radius 1 is 1.38 bits per heavy atom. The Morgan fingerprint density at radius 2 is 2.12 bits per heavy atom. The first kappa shape index (κ1) is 18.6. The average molecular weight is 372 g/mol. The molecule has 142 valence electrons. The summed E-state index contributed by atoms with van der Waals surface area (Å²) in [5.41, 5.74) is -1.91. The van der Waals surface area contributed by atoms with Crippen LogP contribution in [0.5, 0.6) is 0 Å². The van der Waals surface area contributed by atoms with Crippen LogP contribution in [0.25, 0.3) is 0 Å². The van der Waals surface area contributed by atoms with E-state index in [9.17, 15) is 22.8 Å². The third-order valence-electron chi connectivity index (χ3n) is 5.17. The van der Waals surface area contributed by atoms with Crippen LogP contribution in [0.4, 0.5) is 13.2 Å². The number of fused-ring (bicyclic) bond motifs is 3. The molecule has 3 aliphatic rings. The van der Waals surface area contributed by atoms with Gasteiger partial charge in [-0.15, -0.1) is 0 Å². The number of alkyl halides is 3. The van der Waals surface area contributed by atoms with Gasteiger partial charge in [0.1, 0.15) is 11.3 Å². The van der Waals surface area contributed by atoms with E-state index in [1.54, 1.807) is 24.3 Å². The van der Waals surface area contributed by atoms with E-state index in [0.717, 1.165) is 0 Å². The van der Waals surface area contributed by atoms with E-state index in [2.05, 4.69) is 10.3 Å². The molecule has 4 atom stereocenters. The van der Waals surface area contributed by atoms with Gasteiger partial charge in [-0.2, -0.15) is 13.2 Å². The fraction of sp³-hybridized carbons (Fsp3) is 0.588. The van der Waals surface area contributed by atoms with E-state index in [-0.39, 0.29) is 18.9 Å². The summed E-state index contributed by atoms with van der Waals surface area (Å²) in [5.74, 6) is -3.09. The first-order valence-corrected chi connectivity index (χ1v) is 8.19. The molecule has 0 radical (unpaired) electrons. The zero-order valence-electron chi connectivity index (χ0n) is 14.3. The van der Waals surface area contributed by atoms with Crippen molar-refractivity contribution in [2.45, 2.75) is 37.2 Å². The number of esters is 1. The van der Waals surface area contributed by atoms with E-state index in [4.69, 9.17) is 9.47 Å². The standard InChI is InChI=1S/C17H19F3N2O4/c1-10(23)26-8-6-11-9-16(22-14(24)17(18,19)20)13(11)15(25-2)7-4-3-5-12(15)21-16/h3-5,7,11,13H,6,8-9H2,1-2H3,(H,22,24)/t11-,13-,15-,16+/m0/s1. The number of rotatable bonds is 5. The summed E-state index contributed by atoms with van der Waals surface area (Å²) in [7, 11) is 1.46. The molecule has 6 nitrogen and oxygen atoms in total. The number of nitrogens with zero attached hydrogens (tertiary/aromatic N) is 1. The highest BCUT2D eigenvalue weighted by atomic mass is 19.4. The van der Waals surface area contributed by atoms with Crippen molar-refractivity contribution in [1.29, 1.82) is 0 Å². The normalized spacial score (nSPS) is 34.4. The molecule has 1 amide bonds. The second-order valence-corrected chi connectivity index (χ2v) is 6.66. The van der Waals surface area contributed by atoms with Gasteiger partial charge in [-0.05, 0) is 30.9 Å². The maximum absolute atomic E-state index is 12.8. The number of nitrogens with one attached hydrogen (secondary N) is 1. The Labute approximate surface area is 148 Å². The lowest BCUT2D eigenvalue weighted by molar-refractivity contribution is -0.181. The van der Waals surface area contributed by atoms with Crippen molar-refractivity contribution in [3.05, 3.63) is 24.3 Å². The minimum atomic E-state index is -5.00. The van der Waals surface area contributed by atoms with Crippen molar-refractivity contribution in [2.75, 3.05) is 13.7 Å². The molecule has 9 heteroatoms. The Hall–Kier alpha value is -2.16. The van der Waals surface area contributed by atoms with Gasteiger partial charge in [-0.3, -0.25) is 14.6 Å². The molecule has 1 fully saturated rings. The molecule has 0 unspecified atom stereocenters. The quantitative estimate of drug-likeness (QED) is 0.748. The fourth-order valence-corrected chi connectivity index (χ4v) is 4.20. The van der Waals surface area contributed by atoms with E-state index >= 15 is 0 Å². The number of carbonyl (C=O) groups is 2. The van der Waals surface area contributed by atoms with Crippen LogP contribution < -0.4 is 5.32 Å². The summed E-state index contributed by atoms with van der Waals surface area (Å²) in [6, 6.07) is 0. The van der Waals surface area contributed by atoms with Crippen molar-refractivity contribution >= 4 is 17.6 Å². The number of allylic oxidation sites excluding steroid dienone is 2. The monoisotopic (exact) mass is 372 g/mol. The molecule has 0 aromatic carbocycles. The second-order valence-electron chi connectivity index (χ2n) is 6.66.